The summed E-state index contributed by atoms with van der Waals surface area (Å²) in [6, 6.07) is 11.9. The maximum absolute atomic E-state index is 5.93. The third-order valence-corrected chi connectivity index (χ3v) is 3.96. The lowest BCUT2D eigenvalue weighted by atomic mass is 10.2. The van der Waals surface area contributed by atoms with E-state index in [1.807, 2.05) is 24.3 Å². The lowest BCUT2D eigenvalue weighted by Gasteiger charge is -2.36. The number of rotatable bonds is 3. The van der Waals surface area contributed by atoms with Gasteiger partial charge < -0.3 is 15.5 Å². The van der Waals surface area contributed by atoms with E-state index in [1.54, 1.807) is 0 Å². The molecule has 1 aromatic carbocycles. The summed E-state index contributed by atoms with van der Waals surface area (Å²) in [7, 11) is 0. The Morgan fingerprint density at radius 3 is 2.14 bits per heavy atom. The summed E-state index contributed by atoms with van der Waals surface area (Å²) < 4.78 is 0. The molecule has 1 aromatic heterocycles. The minimum atomic E-state index is 0.428. The highest BCUT2D eigenvalue weighted by atomic mass is 35.5. The molecule has 0 spiro atoms. The molecule has 110 valence electrons. The fourth-order valence-corrected chi connectivity index (χ4v) is 2.60. The molecule has 6 heteroatoms. The van der Waals surface area contributed by atoms with E-state index in [9.17, 15) is 0 Å². The molecule has 2 N–H and O–H groups in total. The largest absolute Gasteiger partial charge is 0.368 e. The Kier molecular flexibility index (Phi) is 4.22. The van der Waals surface area contributed by atoms with Crippen molar-refractivity contribution in [2.75, 3.05) is 36.0 Å². The van der Waals surface area contributed by atoms with Crippen molar-refractivity contribution in [2.45, 2.75) is 6.54 Å². The van der Waals surface area contributed by atoms with E-state index in [1.165, 1.54) is 5.69 Å². The van der Waals surface area contributed by atoms with Crippen molar-refractivity contribution >= 4 is 23.1 Å². The molecule has 0 saturated carbocycles. The Morgan fingerprint density at radius 1 is 0.905 bits per heavy atom. The average Bonchev–Trinajstić information content (AvgIpc) is 2.56. The number of anilines is 2. The Bertz CT molecular complexity index is 576. The quantitative estimate of drug-likeness (QED) is 0.939. The second-order valence-corrected chi connectivity index (χ2v) is 5.47. The predicted molar refractivity (Wildman–Crippen MR) is 85.8 cm³/mol. The smallest absolute Gasteiger partial charge is 0.151 e. The van der Waals surface area contributed by atoms with Gasteiger partial charge in [-0.1, -0.05) is 11.6 Å². The minimum Gasteiger partial charge on any atom is -0.368 e. The number of hydrogen-bond acceptors (Lipinski definition) is 5. The van der Waals surface area contributed by atoms with Gasteiger partial charge >= 0.3 is 0 Å². The van der Waals surface area contributed by atoms with Gasteiger partial charge in [0.1, 0.15) is 0 Å². The number of aromatic nitrogens is 2. The van der Waals surface area contributed by atoms with E-state index in [-0.39, 0.29) is 0 Å². The first-order valence-corrected chi connectivity index (χ1v) is 7.42. The topological polar surface area (TPSA) is 58.3 Å². The lowest BCUT2D eigenvalue weighted by molar-refractivity contribution is 0.642. The van der Waals surface area contributed by atoms with Crippen molar-refractivity contribution in [1.82, 2.24) is 10.2 Å². The van der Waals surface area contributed by atoms with Crippen molar-refractivity contribution < 1.29 is 0 Å². The monoisotopic (exact) mass is 303 g/mol. The van der Waals surface area contributed by atoms with Crippen LogP contribution in [-0.4, -0.2) is 36.4 Å². The van der Waals surface area contributed by atoms with Gasteiger partial charge in [0.15, 0.2) is 5.82 Å². The van der Waals surface area contributed by atoms with Gasteiger partial charge in [0.25, 0.3) is 0 Å². The molecule has 3 rings (SSSR count). The fraction of sp³-hybridized carbons (Fsp3) is 0.333. The SMILES string of the molecule is NCc1ccc(N2CCN(c3ccc(Cl)cc3)CC2)nn1. The maximum Gasteiger partial charge on any atom is 0.151 e. The summed E-state index contributed by atoms with van der Waals surface area (Å²) in [6.45, 7) is 4.21. The third kappa shape index (κ3) is 3.25. The molecule has 1 fully saturated rings. The van der Waals surface area contributed by atoms with E-state index < -0.39 is 0 Å². The van der Waals surface area contributed by atoms with E-state index in [2.05, 4.69) is 32.1 Å². The summed E-state index contributed by atoms with van der Waals surface area (Å²) in [4.78, 5) is 4.61. The zero-order valence-electron chi connectivity index (χ0n) is 11.7. The zero-order chi connectivity index (χ0) is 14.7. The van der Waals surface area contributed by atoms with Crippen molar-refractivity contribution in [3.63, 3.8) is 0 Å². The number of nitrogens with two attached hydrogens (primary N) is 1. The van der Waals surface area contributed by atoms with Crippen molar-refractivity contribution in [3.05, 3.63) is 47.1 Å². The molecule has 0 radical (unpaired) electrons. The Balaban J connectivity index is 1.62. The summed E-state index contributed by atoms with van der Waals surface area (Å²) >= 11 is 5.93. The Hall–Kier alpha value is -1.85. The number of hydrogen-bond donors (Lipinski definition) is 1. The van der Waals surface area contributed by atoms with Crippen LogP contribution in [0.3, 0.4) is 0 Å². The second-order valence-electron chi connectivity index (χ2n) is 5.04. The van der Waals surface area contributed by atoms with Gasteiger partial charge in [0, 0.05) is 43.4 Å². The number of nitrogens with zero attached hydrogens (tertiary/aromatic N) is 4. The standard InChI is InChI=1S/C15H18ClN5/c16-12-1-4-14(5-2-12)20-7-9-21(10-8-20)15-6-3-13(11-17)18-19-15/h1-6H,7-11,17H2. The summed E-state index contributed by atoms with van der Waals surface area (Å²) in [5.74, 6) is 0.919. The van der Waals surface area contributed by atoms with E-state index >= 15 is 0 Å². The van der Waals surface area contributed by atoms with Gasteiger partial charge in [-0.25, -0.2) is 0 Å². The van der Waals surface area contributed by atoms with Gasteiger partial charge in [0.2, 0.25) is 0 Å². The Labute approximate surface area is 129 Å². The van der Waals surface area contributed by atoms with Crippen LogP contribution in [0.1, 0.15) is 5.69 Å². The highest BCUT2D eigenvalue weighted by Gasteiger charge is 2.18. The Morgan fingerprint density at radius 2 is 1.57 bits per heavy atom. The highest BCUT2D eigenvalue weighted by molar-refractivity contribution is 6.30. The predicted octanol–water partition coefficient (Wildman–Crippen LogP) is 1.92. The summed E-state index contributed by atoms with van der Waals surface area (Å²) in [5.41, 5.74) is 7.57. The van der Waals surface area contributed by atoms with Gasteiger partial charge in [-0.2, -0.15) is 5.10 Å². The number of benzene rings is 1. The molecule has 5 nitrogen and oxygen atoms in total. The summed E-state index contributed by atoms with van der Waals surface area (Å²) in [5, 5.41) is 9.13. The van der Waals surface area contributed by atoms with Crippen LogP contribution in [0.15, 0.2) is 36.4 Å². The first kappa shape index (κ1) is 14.1. The molecule has 2 aromatic rings. The molecule has 0 atom stereocenters. The van der Waals surface area contributed by atoms with Crippen LogP contribution in [0.5, 0.6) is 0 Å². The molecule has 0 unspecified atom stereocenters. The van der Waals surface area contributed by atoms with Crippen molar-refractivity contribution in [2.24, 2.45) is 5.73 Å². The van der Waals surface area contributed by atoms with E-state index in [0.717, 1.165) is 42.7 Å². The molecule has 0 bridgehead atoms. The minimum absolute atomic E-state index is 0.428. The van der Waals surface area contributed by atoms with Crippen molar-refractivity contribution in [1.29, 1.82) is 0 Å². The molecule has 2 heterocycles. The highest BCUT2D eigenvalue weighted by Crippen LogP contribution is 2.21. The zero-order valence-corrected chi connectivity index (χ0v) is 12.5. The number of halogens is 1. The molecular formula is C15H18ClN5. The normalized spacial score (nSPS) is 15.3. The van der Waals surface area contributed by atoms with Crippen LogP contribution in [-0.2, 0) is 6.54 Å². The molecule has 1 aliphatic rings. The van der Waals surface area contributed by atoms with Crippen LogP contribution in [0.4, 0.5) is 11.5 Å². The lowest BCUT2D eigenvalue weighted by Crippen LogP contribution is -2.46. The van der Waals surface area contributed by atoms with E-state index in [4.69, 9.17) is 17.3 Å². The van der Waals surface area contributed by atoms with Crippen LogP contribution in [0.2, 0.25) is 5.02 Å². The van der Waals surface area contributed by atoms with Crippen LogP contribution in [0, 0.1) is 0 Å². The number of piperazine rings is 1. The average molecular weight is 304 g/mol. The fourth-order valence-electron chi connectivity index (χ4n) is 2.48. The molecule has 21 heavy (non-hydrogen) atoms. The van der Waals surface area contributed by atoms with Gasteiger partial charge in [-0.3, -0.25) is 0 Å². The molecule has 0 amide bonds. The van der Waals surface area contributed by atoms with Crippen LogP contribution >= 0.6 is 11.6 Å². The maximum atomic E-state index is 5.93. The van der Waals surface area contributed by atoms with Crippen molar-refractivity contribution in [3.8, 4) is 0 Å². The van der Waals surface area contributed by atoms with Gasteiger partial charge in [-0.15, -0.1) is 5.10 Å². The molecule has 1 aliphatic heterocycles. The molecular weight excluding hydrogens is 286 g/mol. The third-order valence-electron chi connectivity index (χ3n) is 3.71. The van der Waals surface area contributed by atoms with Crippen LogP contribution in [0.25, 0.3) is 0 Å². The first-order chi connectivity index (χ1) is 10.3. The molecule has 0 aliphatic carbocycles. The second kappa shape index (κ2) is 6.28. The molecule has 1 saturated heterocycles. The summed E-state index contributed by atoms with van der Waals surface area (Å²) in [6.07, 6.45) is 0. The van der Waals surface area contributed by atoms with Crippen LogP contribution < -0.4 is 15.5 Å². The van der Waals surface area contributed by atoms with E-state index in [0.29, 0.717) is 6.54 Å². The van der Waals surface area contributed by atoms with Gasteiger partial charge in [0.05, 0.1) is 5.69 Å². The first-order valence-electron chi connectivity index (χ1n) is 7.04. The van der Waals surface area contributed by atoms with Gasteiger partial charge in [-0.05, 0) is 36.4 Å².